The first-order chi connectivity index (χ1) is 14.4. The Morgan fingerprint density at radius 1 is 0.967 bits per heavy atom. The van der Waals surface area contributed by atoms with Crippen LogP contribution in [-0.4, -0.2) is 13.1 Å². The Bertz CT molecular complexity index is 1030. The molecule has 30 heavy (non-hydrogen) atoms. The number of fused-ring (bicyclic) bond motifs is 2. The fourth-order valence-electron chi connectivity index (χ4n) is 4.49. The molecule has 0 amide bonds. The average Bonchev–Trinajstić information content (AvgIpc) is 2.72. The van der Waals surface area contributed by atoms with Gasteiger partial charge in [0.05, 0.1) is 0 Å². The van der Waals surface area contributed by atoms with E-state index in [1.54, 1.807) is 0 Å². The van der Waals surface area contributed by atoms with Crippen molar-refractivity contribution in [2.45, 2.75) is 47.5 Å². The maximum Gasteiger partial charge on any atom is 0.137 e. The van der Waals surface area contributed by atoms with Crippen LogP contribution in [0.15, 0.2) is 72.0 Å². The van der Waals surface area contributed by atoms with E-state index >= 15 is 0 Å². The van der Waals surface area contributed by atoms with Crippen LogP contribution in [0.5, 0.6) is 5.75 Å². The van der Waals surface area contributed by atoms with E-state index in [1.807, 2.05) is 0 Å². The van der Waals surface area contributed by atoms with Crippen molar-refractivity contribution in [3.05, 3.63) is 88.7 Å². The van der Waals surface area contributed by atoms with Gasteiger partial charge in [0.15, 0.2) is 0 Å². The summed E-state index contributed by atoms with van der Waals surface area (Å²) in [7, 11) is 0. The van der Waals surface area contributed by atoms with E-state index in [2.05, 4.69) is 100 Å². The quantitative estimate of drug-likeness (QED) is 0.529. The lowest BCUT2D eigenvalue weighted by molar-refractivity contribution is 0.410. The first-order valence-electron chi connectivity index (χ1n) is 11.2. The number of hydrogen-bond acceptors (Lipinski definition) is 2. The third-order valence-electron chi connectivity index (χ3n) is 5.85. The summed E-state index contributed by atoms with van der Waals surface area (Å²) in [6.07, 6.45) is 8.62. The highest BCUT2D eigenvalue weighted by molar-refractivity contribution is 5.92. The van der Waals surface area contributed by atoms with Gasteiger partial charge in [-0.2, -0.15) is 0 Å². The highest BCUT2D eigenvalue weighted by Crippen LogP contribution is 2.45. The molecule has 2 nitrogen and oxygen atoms in total. The van der Waals surface area contributed by atoms with Crippen molar-refractivity contribution in [2.24, 2.45) is 5.41 Å². The lowest BCUT2D eigenvalue weighted by Gasteiger charge is -2.30. The number of anilines is 1. The van der Waals surface area contributed by atoms with Crippen LogP contribution >= 0.6 is 0 Å². The number of rotatable bonds is 5. The highest BCUT2D eigenvalue weighted by Gasteiger charge is 2.28. The van der Waals surface area contributed by atoms with Gasteiger partial charge >= 0.3 is 0 Å². The van der Waals surface area contributed by atoms with Crippen LogP contribution in [0.2, 0.25) is 0 Å². The second-order valence-electron chi connectivity index (χ2n) is 9.34. The third kappa shape index (κ3) is 3.96. The Balaban J connectivity index is 1.91. The van der Waals surface area contributed by atoms with Crippen molar-refractivity contribution in [2.75, 3.05) is 18.0 Å². The molecule has 1 aliphatic heterocycles. The summed E-state index contributed by atoms with van der Waals surface area (Å²) < 4.78 is 6.43. The molecule has 1 heterocycles. The van der Waals surface area contributed by atoms with Crippen LogP contribution in [-0.2, 0) is 6.42 Å². The van der Waals surface area contributed by atoms with Gasteiger partial charge in [0.1, 0.15) is 11.5 Å². The first kappa shape index (κ1) is 20.5. The number of allylic oxidation sites excluding steroid dienone is 3. The summed E-state index contributed by atoms with van der Waals surface area (Å²) in [4.78, 5) is 2.37. The van der Waals surface area contributed by atoms with Gasteiger partial charge in [-0.05, 0) is 61.4 Å². The Hall–Kier alpha value is -2.74. The van der Waals surface area contributed by atoms with Crippen molar-refractivity contribution in [1.82, 2.24) is 0 Å². The molecule has 0 bridgehead atoms. The largest absolute Gasteiger partial charge is 0.456 e. The highest BCUT2D eigenvalue weighted by atomic mass is 16.5. The molecule has 2 aliphatic rings. The zero-order chi connectivity index (χ0) is 21.3. The van der Waals surface area contributed by atoms with Gasteiger partial charge in [-0.1, -0.05) is 57.2 Å². The summed E-state index contributed by atoms with van der Waals surface area (Å²) in [6.45, 7) is 13.3. The van der Waals surface area contributed by atoms with E-state index in [-0.39, 0.29) is 5.41 Å². The van der Waals surface area contributed by atoms with Crippen molar-refractivity contribution < 1.29 is 4.74 Å². The zero-order valence-corrected chi connectivity index (χ0v) is 19.0. The van der Waals surface area contributed by atoms with Crippen LogP contribution < -0.4 is 9.64 Å². The summed E-state index contributed by atoms with van der Waals surface area (Å²) >= 11 is 0. The van der Waals surface area contributed by atoms with E-state index < -0.39 is 0 Å². The van der Waals surface area contributed by atoms with Crippen LogP contribution in [0.4, 0.5) is 5.69 Å². The van der Waals surface area contributed by atoms with Crippen molar-refractivity contribution in [1.29, 1.82) is 0 Å². The molecule has 0 unspecified atom stereocenters. The molecular weight excluding hydrogens is 366 g/mol. The minimum absolute atomic E-state index is 0.225. The number of benzene rings is 2. The van der Waals surface area contributed by atoms with Crippen molar-refractivity contribution in [3.63, 3.8) is 0 Å². The van der Waals surface area contributed by atoms with E-state index in [0.717, 1.165) is 37.4 Å². The summed E-state index contributed by atoms with van der Waals surface area (Å²) in [5.41, 5.74) is 7.84. The Morgan fingerprint density at radius 3 is 2.47 bits per heavy atom. The molecule has 0 saturated carbocycles. The fraction of sp³-hybridized carbons (Fsp3) is 0.357. The number of nitrogens with zero attached hydrogens (tertiary/aromatic N) is 1. The van der Waals surface area contributed by atoms with Gasteiger partial charge in [0.2, 0.25) is 0 Å². The van der Waals surface area contributed by atoms with Crippen LogP contribution in [0, 0.1) is 5.41 Å². The molecule has 1 aliphatic carbocycles. The van der Waals surface area contributed by atoms with Gasteiger partial charge in [-0.3, -0.25) is 0 Å². The maximum atomic E-state index is 6.43. The lowest BCUT2D eigenvalue weighted by Crippen LogP contribution is -2.22. The monoisotopic (exact) mass is 399 g/mol. The Labute approximate surface area is 181 Å². The van der Waals surface area contributed by atoms with Gasteiger partial charge in [0.25, 0.3) is 0 Å². The van der Waals surface area contributed by atoms with E-state index in [9.17, 15) is 0 Å². The predicted octanol–water partition coefficient (Wildman–Crippen LogP) is 7.16. The predicted molar refractivity (Wildman–Crippen MR) is 128 cm³/mol. The molecule has 0 aromatic heterocycles. The maximum absolute atomic E-state index is 6.43. The topological polar surface area (TPSA) is 12.5 Å². The number of ether oxygens (including phenoxy) is 1. The number of hydrogen-bond donors (Lipinski definition) is 0. The lowest BCUT2D eigenvalue weighted by atomic mass is 9.81. The van der Waals surface area contributed by atoms with Crippen LogP contribution in [0.25, 0.3) is 5.57 Å². The summed E-state index contributed by atoms with van der Waals surface area (Å²) in [6, 6.07) is 15.6. The molecule has 2 heteroatoms. The van der Waals surface area contributed by atoms with Crippen LogP contribution in [0.1, 0.15) is 57.7 Å². The third-order valence-corrected chi connectivity index (χ3v) is 5.85. The molecule has 2 aromatic carbocycles. The molecule has 0 atom stereocenters. The summed E-state index contributed by atoms with van der Waals surface area (Å²) in [5.74, 6) is 1.95. The average molecular weight is 400 g/mol. The normalized spacial score (nSPS) is 15.3. The molecule has 0 spiro atoms. The molecule has 2 aromatic rings. The molecule has 4 rings (SSSR count). The second kappa shape index (κ2) is 8.18. The zero-order valence-electron chi connectivity index (χ0n) is 19.0. The van der Waals surface area contributed by atoms with Crippen LogP contribution in [0.3, 0.4) is 0 Å². The molecule has 0 N–H and O–H groups in total. The molecular formula is C28H33NO. The second-order valence-corrected chi connectivity index (χ2v) is 9.34. The van der Waals surface area contributed by atoms with E-state index in [0.29, 0.717) is 0 Å². The van der Waals surface area contributed by atoms with Crippen molar-refractivity contribution >= 4 is 11.3 Å². The van der Waals surface area contributed by atoms with Crippen molar-refractivity contribution in [3.8, 4) is 5.75 Å². The Morgan fingerprint density at radius 2 is 1.73 bits per heavy atom. The molecule has 156 valence electrons. The molecule has 0 fully saturated rings. The molecule has 0 radical (unpaired) electrons. The minimum atomic E-state index is 0.225. The SMILES string of the molecule is CCN(CC)c1ccc2c(c1)OC1=CCC=CC1=C2c1ccccc1CC(C)(C)C. The standard InChI is InChI=1S/C28H33NO/c1-6-29(7-2)21-16-17-24-26(18-21)30-25-15-11-10-14-23(25)27(24)22-13-9-8-12-20(22)19-28(3,4)5/h8-10,12-18H,6-7,11,19H2,1-5H3. The van der Waals surface area contributed by atoms with Gasteiger partial charge in [0, 0.05) is 41.6 Å². The fourth-order valence-corrected chi connectivity index (χ4v) is 4.49. The van der Waals surface area contributed by atoms with E-state index in [1.165, 1.54) is 33.5 Å². The van der Waals surface area contributed by atoms with Gasteiger partial charge < -0.3 is 9.64 Å². The summed E-state index contributed by atoms with van der Waals surface area (Å²) in [5, 5.41) is 0. The Kier molecular flexibility index (Phi) is 5.60. The van der Waals surface area contributed by atoms with Gasteiger partial charge in [-0.15, -0.1) is 0 Å². The smallest absolute Gasteiger partial charge is 0.137 e. The first-order valence-corrected chi connectivity index (χ1v) is 11.2. The molecule has 0 saturated heterocycles. The minimum Gasteiger partial charge on any atom is -0.456 e. The van der Waals surface area contributed by atoms with E-state index in [4.69, 9.17) is 4.74 Å². The van der Waals surface area contributed by atoms with Gasteiger partial charge in [-0.25, -0.2) is 0 Å².